The van der Waals surface area contributed by atoms with Crippen molar-refractivity contribution in [2.45, 2.75) is 13.0 Å². The number of hydrogen-bond acceptors (Lipinski definition) is 4. The first-order chi connectivity index (χ1) is 8.74. The number of likely N-dealkylation sites (N-methyl/N-ethyl adjacent to an activating group) is 1. The van der Waals surface area contributed by atoms with Crippen molar-refractivity contribution in [3.05, 3.63) is 20.8 Å². The van der Waals surface area contributed by atoms with E-state index in [2.05, 4.69) is 49.5 Å². The first kappa shape index (κ1) is 14.5. The Labute approximate surface area is 122 Å². The van der Waals surface area contributed by atoms with Crippen LogP contribution in [0.1, 0.15) is 11.3 Å². The average molecular weight is 332 g/mol. The summed E-state index contributed by atoms with van der Waals surface area (Å²) < 4.78 is 1.20. The summed E-state index contributed by atoms with van der Waals surface area (Å²) in [6.07, 6.45) is 1.28. The Morgan fingerprint density at radius 2 is 2.33 bits per heavy atom. The van der Waals surface area contributed by atoms with Gasteiger partial charge in [0.25, 0.3) is 0 Å². The molecular weight excluding hydrogens is 310 g/mol. The number of thiophene rings is 1. The summed E-state index contributed by atoms with van der Waals surface area (Å²) in [7, 11) is 2.21. The Morgan fingerprint density at radius 1 is 1.44 bits per heavy atom. The van der Waals surface area contributed by atoms with Gasteiger partial charge in [-0.2, -0.15) is 0 Å². The molecule has 0 bridgehead atoms. The average Bonchev–Trinajstić information content (AvgIpc) is 2.62. The summed E-state index contributed by atoms with van der Waals surface area (Å²) in [5.41, 5.74) is 0. The van der Waals surface area contributed by atoms with Gasteiger partial charge in [-0.1, -0.05) is 0 Å². The zero-order valence-electron chi connectivity index (χ0n) is 11.0. The summed E-state index contributed by atoms with van der Waals surface area (Å²) in [6, 6.07) is 2.22. The van der Waals surface area contributed by atoms with Crippen molar-refractivity contribution in [1.82, 2.24) is 15.1 Å². The molecule has 1 saturated heterocycles. The summed E-state index contributed by atoms with van der Waals surface area (Å²) in [5, 5.41) is 5.61. The maximum atomic E-state index is 3.51. The van der Waals surface area contributed by atoms with E-state index >= 15 is 0 Å². The SMILES string of the molecule is CN(CCN1CCCNCC1)Cc1cc(Br)cs1. The van der Waals surface area contributed by atoms with Crippen molar-refractivity contribution < 1.29 is 0 Å². The van der Waals surface area contributed by atoms with Crippen LogP contribution < -0.4 is 5.32 Å². The molecule has 1 aromatic heterocycles. The largest absolute Gasteiger partial charge is 0.315 e. The maximum absolute atomic E-state index is 3.51. The first-order valence-electron chi connectivity index (χ1n) is 6.58. The van der Waals surface area contributed by atoms with Gasteiger partial charge in [0.2, 0.25) is 0 Å². The smallest absolute Gasteiger partial charge is 0.0325 e. The van der Waals surface area contributed by atoms with Crippen LogP contribution in [0.2, 0.25) is 0 Å². The number of halogens is 1. The molecule has 1 aromatic rings. The van der Waals surface area contributed by atoms with E-state index < -0.39 is 0 Å². The quantitative estimate of drug-likeness (QED) is 0.892. The third kappa shape index (κ3) is 4.97. The van der Waals surface area contributed by atoms with E-state index in [1.54, 1.807) is 0 Å². The number of nitrogens with zero attached hydrogens (tertiary/aromatic N) is 2. The lowest BCUT2D eigenvalue weighted by Gasteiger charge is -2.23. The van der Waals surface area contributed by atoms with Crippen LogP contribution in [0.5, 0.6) is 0 Å². The van der Waals surface area contributed by atoms with E-state index in [0.29, 0.717) is 0 Å². The Bertz CT molecular complexity index is 348. The van der Waals surface area contributed by atoms with Crippen LogP contribution in [0.3, 0.4) is 0 Å². The van der Waals surface area contributed by atoms with E-state index in [4.69, 9.17) is 0 Å². The molecule has 0 radical (unpaired) electrons. The van der Waals surface area contributed by atoms with Crippen molar-refractivity contribution in [1.29, 1.82) is 0 Å². The first-order valence-corrected chi connectivity index (χ1v) is 8.26. The van der Waals surface area contributed by atoms with Crippen LogP contribution in [-0.2, 0) is 6.54 Å². The molecule has 1 aliphatic heterocycles. The molecule has 2 rings (SSSR count). The molecule has 0 spiro atoms. The van der Waals surface area contributed by atoms with Gasteiger partial charge in [-0.05, 0) is 48.6 Å². The van der Waals surface area contributed by atoms with E-state index in [9.17, 15) is 0 Å². The maximum Gasteiger partial charge on any atom is 0.0325 e. The van der Waals surface area contributed by atoms with Gasteiger partial charge in [0.05, 0.1) is 0 Å². The molecule has 5 heteroatoms. The van der Waals surface area contributed by atoms with Gasteiger partial charge in [0.15, 0.2) is 0 Å². The Hall–Kier alpha value is 0.0600. The Balaban J connectivity index is 1.69. The highest BCUT2D eigenvalue weighted by molar-refractivity contribution is 9.10. The van der Waals surface area contributed by atoms with Crippen molar-refractivity contribution in [2.24, 2.45) is 0 Å². The van der Waals surface area contributed by atoms with Crippen LogP contribution in [-0.4, -0.2) is 56.1 Å². The molecule has 2 heterocycles. The third-order valence-electron chi connectivity index (χ3n) is 3.28. The molecule has 18 heavy (non-hydrogen) atoms. The fraction of sp³-hybridized carbons (Fsp3) is 0.692. The predicted molar refractivity (Wildman–Crippen MR) is 82.3 cm³/mol. The third-order valence-corrected chi connectivity index (χ3v) is 4.96. The van der Waals surface area contributed by atoms with Crippen molar-refractivity contribution in [2.75, 3.05) is 46.3 Å². The summed E-state index contributed by atoms with van der Waals surface area (Å²) in [5.74, 6) is 0. The molecule has 102 valence electrons. The molecule has 3 nitrogen and oxygen atoms in total. The summed E-state index contributed by atoms with van der Waals surface area (Å²) in [6.45, 7) is 8.14. The van der Waals surface area contributed by atoms with E-state index in [1.165, 1.54) is 41.9 Å². The second-order valence-corrected chi connectivity index (χ2v) is 6.83. The second kappa shape index (κ2) is 7.60. The minimum atomic E-state index is 1.06. The zero-order chi connectivity index (χ0) is 12.8. The van der Waals surface area contributed by atoms with Crippen LogP contribution in [0.15, 0.2) is 15.9 Å². The number of rotatable bonds is 5. The van der Waals surface area contributed by atoms with Crippen molar-refractivity contribution >= 4 is 27.3 Å². The fourth-order valence-corrected chi connectivity index (χ4v) is 3.75. The Kier molecular flexibility index (Phi) is 6.11. The van der Waals surface area contributed by atoms with Gasteiger partial charge in [-0.25, -0.2) is 0 Å². The minimum absolute atomic E-state index is 1.06. The van der Waals surface area contributed by atoms with Gasteiger partial charge in [0.1, 0.15) is 0 Å². The minimum Gasteiger partial charge on any atom is -0.315 e. The van der Waals surface area contributed by atoms with Gasteiger partial charge < -0.3 is 15.1 Å². The molecule has 0 amide bonds. The monoisotopic (exact) mass is 331 g/mol. The second-order valence-electron chi connectivity index (χ2n) is 4.91. The van der Waals surface area contributed by atoms with Gasteiger partial charge in [-0.3, -0.25) is 0 Å². The topological polar surface area (TPSA) is 18.5 Å². The van der Waals surface area contributed by atoms with E-state index in [-0.39, 0.29) is 0 Å². The molecule has 0 aromatic carbocycles. The van der Waals surface area contributed by atoms with Gasteiger partial charge in [0, 0.05) is 47.5 Å². The number of hydrogen-bond donors (Lipinski definition) is 1. The highest BCUT2D eigenvalue weighted by Crippen LogP contribution is 2.20. The lowest BCUT2D eigenvalue weighted by atomic mass is 10.3. The standard InChI is InChI=1S/C13H22BrN3S/c1-16(10-13-9-12(14)11-18-13)7-8-17-5-2-3-15-4-6-17/h9,11,15H,2-8,10H2,1H3. The van der Waals surface area contributed by atoms with Crippen LogP contribution in [0.4, 0.5) is 0 Å². The molecule has 1 N–H and O–H groups in total. The van der Waals surface area contributed by atoms with Crippen molar-refractivity contribution in [3.63, 3.8) is 0 Å². The predicted octanol–water partition coefficient (Wildman–Crippen LogP) is 2.24. The summed E-state index contributed by atoms with van der Waals surface area (Å²) >= 11 is 5.34. The molecule has 1 aliphatic rings. The number of nitrogens with one attached hydrogen (secondary N) is 1. The van der Waals surface area contributed by atoms with E-state index in [1.807, 2.05) is 11.3 Å². The highest BCUT2D eigenvalue weighted by Gasteiger charge is 2.09. The molecule has 0 saturated carbocycles. The van der Waals surface area contributed by atoms with Crippen LogP contribution >= 0.6 is 27.3 Å². The lowest BCUT2D eigenvalue weighted by molar-refractivity contribution is 0.232. The van der Waals surface area contributed by atoms with Crippen LogP contribution in [0, 0.1) is 0 Å². The lowest BCUT2D eigenvalue weighted by Crippen LogP contribution is -2.35. The molecule has 1 fully saturated rings. The molecular formula is C13H22BrN3S. The Morgan fingerprint density at radius 3 is 3.11 bits per heavy atom. The molecule has 0 atom stereocenters. The van der Waals surface area contributed by atoms with Crippen LogP contribution in [0.25, 0.3) is 0 Å². The zero-order valence-corrected chi connectivity index (χ0v) is 13.4. The normalized spacial score (nSPS) is 18.2. The van der Waals surface area contributed by atoms with E-state index in [0.717, 1.165) is 19.6 Å². The molecule has 0 unspecified atom stereocenters. The summed E-state index contributed by atoms with van der Waals surface area (Å²) in [4.78, 5) is 6.42. The fourth-order valence-electron chi connectivity index (χ4n) is 2.22. The molecule has 0 aliphatic carbocycles. The van der Waals surface area contributed by atoms with Gasteiger partial charge >= 0.3 is 0 Å². The highest BCUT2D eigenvalue weighted by atomic mass is 79.9. The van der Waals surface area contributed by atoms with Gasteiger partial charge in [-0.15, -0.1) is 11.3 Å². The van der Waals surface area contributed by atoms with Crippen molar-refractivity contribution in [3.8, 4) is 0 Å².